The molecule has 0 spiro atoms. The van der Waals surface area contributed by atoms with E-state index in [1.54, 1.807) is 0 Å². The smallest absolute Gasteiger partial charge is 0.726 e. The number of carbonyl (C=O) groups excluding carboxylic acids is 1. The molecule has 13 heteroatoms. The second-order valence-electron chi connectivity index (χ2n) is 8.82. The van der Waals surface area contributed by atoms with Crippen LogP contribution < -0.4 is 59.1 Å². The Bertz CT molecular complexity index is 581. The average molecular weight is 607 g/mol. The molecule has 0 rings (SSSR count). The minimum absolute atomic E-state index is 0. The van der Waals surface area contributed by atoms with Gasteiger partial charge in [-0.2, -0.15) is 0 Å². The Morgan fingerprint density at radius 2 is 0.632 bits per heavy atom. The van der Waals surface area contributed by atoms with Gasteiger partial charge in [0, 0.05) is 0 Å². The van der Waals surface area contributed by atoms with Gasteiger partial charge < -0.3 is 13.9 Å². The molecule has 0 atom stereocenters. The Hall–Kier alpha value is 1.41. The Balaban J connectivity index is -0.000000171. The fourth-order valence-electron chi connectivity index (χ4n) is 3.50. The molecule has 0 aromatic rings. The predicted molar refractivity (Wildman–Crippen MR) is 142 cm³/mol. The van der Waals surface area contributed by atoms with Gasteiger partial charge in [0.05, 0.1) is 13.2 Å². The Kier molecular flexibility index (Phi) is 49.6. The molecule has 38 heavy (non-hydrogen) atoms. The summed E-state index contributed by atoms with van der Waals surface area (Å²) in [5.74, 6) is 0. The molecule has 0 unspecified atom stereocenters. The number of hydrogen-bond donors (Lipinski definition) is 0. The van der Waals surface area contributed by atoms with Crippen molar-refractivity contribution in [1.82, 2.24) is 0 Å². The van der Waals surface area contributed by atoms with Crippen molar-refractivity contribution in [1.29, 1.82) is 0 Å². The summed E-state index contributed by atoms with van der Waals surface area (Å²) < 4.78 is 68.9. The van der Waals surface area contributed by atoms with Crippen molar-refractivity contribution in [3.63, 3.8) is 0 Å². The summed E-state index contributed by atoms with van der Waals surface area (Å²) in [6.45, 7) is 6.49. The van der Waals surface area contributed by atoms with E-state index in [9.17, 15) is 25.9 Å². The summed E-state index contributed by atoms with van der Waals surface area (Å²) in [6, 6.07) is 0. The van der Waals surface area contributed by atoms with Crippen LogP contribution in [0.5, 0.6) is 0 Å². The molecule has 0 heterocycles. The second-order valence-corrected chi connectivity index (χ2v) is 10.9. The maximum atomic E-state index is 10.1. The molecule has 9 nitrogen and oxygen atoms in total. The Morgan fingerprint density at radius 3 is 0.816 bits per heavy atom. The van der Waals surface area contributed by atoms with E-state index in [2.05, 4.69) is 22.2 Å². The van der Waals surface area contributed by atoms with Crippen LogP contribution >= 0.6 is 0 Å². The van der Waals surface area contributed by atoms with E-state index in [0.717, 1.165) is 25.7 Å². The standard InChI is InChI=1S/2C12H26O4S.CH2O.2Na/c2*1-2-3-4-5-6-7-8-9-10-11-12-16-17(13,14)15;1-2;;/h2*2-12H2,1H3,(H,13,14,15);1H2;;/q;;;2*+1/p-2. The van der Waals surface area contributed by atoms with E-state index < -0.39 is 20.8 Å². The van der Waals surface area contributed by atoms with Crippen LogP contribution in [0, 0.1) is 0 Å². The number of rotatable bonds is 24. The second kappa shape index (κ2) is 38.4. The summed E-state index contributed by atoms with van der Waals surface area (Å²) in [5.41, 5.74) is 0. The van der Waals surface area contributed by atoms with E-state index >= 15 is 0 Å². The Morgan fingerprint density at radius 1 is 0.447 bits per heavy atom. The molecule has 0 saturated carbocycles. The van der Waals surface area contributed by atoms with Gasteiger partial charge in [0.1, 0.15) is 6.79 Å². The van der Waals surface area contributed by atoms with Gasteiger partial charge in [0.2, 0.25) is 20.8 Å². The normalized spacial score (nSPS) is 10.7. The third-order valence-electron chi connectivity index (χ3n) is 5.45. The Labute approximate surface area is 278 Å². The third-order valence-corrected chi connectivity index (χ3v) is 6.36. The summed E-state index contributed by atoms with van der Waals surface area (Å²) in [6.07, 6.45) is 23.4. The van der Waals surface area contributed by atoms with Crippen molar-refractivity contribution in [2.75, 3.05) is 13.2 Å². The monoisotopic (exact) mass is 606 g/mol. The quantitative estimate of drug-likeness (QED) is 0.0666. The molecule has 0 bridgehead atoms. The topological polar surface area (TPSA) is 150 Å². The van der Waals surface area contributed by atoms with Gasteiger partial charge in [0.15, 0.2) is 0 Å². The van der Waals surface area contributed by atoms with Crippen LogP contribution in [0.2, 0.25) is 0 Å². The number of unbranched alkanes of at least 4 members (excludes halogenated alkanes) is 18. The van der Waals surface area contributed by atoms with Crippen LogP contribution in [0.15, 0.2) is 0 Å². The first kappa shape index (κ1) is 49.1. The van der Waals surface area contributed by atoms with Crippen LogP contribution in [0.4, 0.5) is 0 Å². The molecule has 220 valence electrons. The minimum Gasteiger partial charge on any atom is -0.726 e. The van der Waals surface area contributed by atoms with E-state index in [4.69, 9.17) is 4.79 Å². The zero-order valence-corrected chi connectivity index (χ0v) is 30.4. The third kappa shape index (κ3) is 57.3. The first-order valence-corrected chi connectivity index (χ1v) is 16.3. The molecule has 0 aromatic carbocycles. The SMILES string of the molecule is C=O.CCCCCCCCCCCCOS(=O)(=O)[O-].CCCCCCCCCCCCOS(=O)(=O)[O-].[Na+].[Na+]. The first-order valence-electron chi connectivity index (χ1n) is 13.6. The van der Waals surface area contributed by atoms with Crippen LogP contribution in [0.3, 0.4) is 0 Å². The predicted octanol–water partition coefficient (Wildman–Crippen LogP) is 0.591. The summed E-state index contributed by atoms with van der Waals surface area (Å²) in [7, 11) is -8.97. The van der Waals surface area contributed by atoms with E-state index in [1.807, 2.05) is 6.79 Å². The molecule has 0 amide bonds. The van der Waals surface area contributed by atoms with Crippen LogP contribution in [0.25, 0.3) is 0 Å². The van der Waals surface area contributed by atoms with E-state index in [0.29, 0.717) is 12.8 Å². The van der Waals surface area contributed by atoms with Gasteiger partial charge in [-0.25, -0.2) is 16.8 Å². The molecule has 0 N–H and O–H groups in total. The number of hydrogen-bond acceptors (Lipinski definition) is 9. The summed E-state index contributed by atoms with van der Waals surface area (Å²) >= 11 is 0. The van der Waals surface area contributed by atoms with Crippen molar-refractivity contribution in [2.45, 2.75) is 142 Å². The van der Waals surface area contributed by atoms with Crippen LogP contribution in [0.1, 0.15) is 142 Å². The molecule has 0 aliphatic heterocycles. The summed E-state index contributed by atoms with van der Waals surface area (Å²) in [4.78, 5) is 8.00. The van der Waals surface area contributed by atoms with Crippen molar-refractivity contribution >= 4 is 27.6 Å². The molecule has 0 aliphatic carbocycles. The van der Waals surface area contributed by atoms with Crippen molar-refractivity contribution in [2.24, 2.45) is 0 Å². The average Bonchev–Trinajstić information content (AvgIpc) is 2.81. The maximum Gasteiger partial charge on any atom is 1.00 e. The molecular formula is C25H52Na2O9S2. The van der Waals surface area contributed by atoms with Gasteiger partial charge in [-0.05, 0) is 12.8 Å². The minimum atomic E-state index is -4.48. The van der Waals surface area contributed by atoms with E-state index in [1.165, 1.54) is 89.9 Å². The molecular weight excluding hydrogens is 554 g/mol. The van der Waals surface area contributed by atoms with Gasteiger partial charge in [0.25, 0.3) is 0 Å². The molecule has 0 aromatic heterocycles. The van der Waals surface area contributed by atoms with Gasteiger partial charge in [-0.1, -0.05) is 129 Å². The van der Waals surface area contributed by atoms with Crippen molar-refractivity contribution in [3.05, 3.63) is 0 Å². The van der Waals surface area contributed by atoms with Crippen molar-refractivity contribution < 1.29 is 98.2 Å². The fraction of sp³-hybridized carbons (Fsp3) is 0.960. The van der Waals surface area contributed by atoms with E-state index in [-0.39, 0.29) is 72.3 Å². The van der Waals surface area contributed by atoms with Crippen molar-refractivity contribution in [3.8, 4) is 0 Å². The first-order chi connectivity index (χ1) is 17.1. The van der Waals surface area contributed by atoms with Crippen LogP contribution in [-0.2, 0) is 34.0 Å². The zero-order chi connectivity index (χ0) is 28.0. The fourth-order valence-corrected chi connectivity index (χ4v) is 4.14. The molecule has 0 fully saturated rings. The maximum absolute atomic E-state index is 10.1. The van der Waals surface area contributed by atoms with Gasteiger partial charge in [-0.3, -0.25) is 8.37 Å². The molecule has 0 radical (unpaired) electrons. The zero-order valence-electron chi connectivity index (χ0n) is 24.8. The van der Waals surface area contributed by atoms with Gasteiger partial charge >= 0.3 is 59.1 Å². The number of carbonyl (C=O) groups is 1. The molecule has 0 aliphatic rings. The van der Waals surface area contributed by atoms with Gasteiger partial charge in [-0.15, -0.1) is 0 Å². The largest absolute Gasteiger partial charge is 1.00 e. The summed E-state index contributed by atoms with van der Waals surface area (Å²) in [5, 5.41) is 0. The molecule has 0 saturated heterocycles. The van der Waals surface area contributed by atoms with Crippen LogP contribution in [-0.4, -0.2) is 45.9 Å².